The minimum absolute atomic E-state index is 0.512. The number of anilines is 2. The standard InChI is InChI=1S/C12H17N7/c1-13-10-16-11(14-7-5-9-3-4-9)18-12(17-10)19-8-2-6-15-19/h2,6,8-9H,3-5,7H2,1H3,(H2,13,14,16,17,18). The molecule has 2 heterocycles. The van der Waals surface area contributed by atoms with E-state index >= 15 is 0 Å². The van der Waals surface area contributed by atoms with E-state index < -0.39 is 0 Å². The lowest BCUT2D eigenvalue weighted by Crippen LogP contribution is -2.12. The van der Waals surface area contributed by atoms with Gasteiger partial charge < -0.3 is 10.6 Å². The first kappa shape index (κ1) is 11.9. The van der Waals surface area contributed by atoms with Crippen molar-refractivity contribution < 1.29 is 0 Å². The molecule has 0 spiro atoms. The van der Waals surface area contributed by atoms with E-state index in [4.69, 9.17) is 0 Å². The van der Waals surface area contributed by atoms with Crippen LogP contribution >= 0.6 is 0 Å². The molecule has 2 aromatic rings. The minimum atomic E-state index is 0.512. The number of hydrogen-bond donors (Lipinski definition) is 2. The maximum absolute atomic E-state index is 4.37. The summed E-state index contributed by atoms with van der Waals surface area (Å²) in [6, 6.07) is 1.84. The summed E-state index contributed by atoms with van der Waals surface area (Å²) < 4.78 is 1.62. The van der Waals surface area contributed by atoms with E-state index in [2.05, 4.69) is 30.7 Å². The molecule has 3 rings (SSSR count). The van der Waals surface area contributed by atoms with Crippen LogP contribution in [0.15, 0.2) is 18.5 Å². The predicted octanol–water partition coefficient (Wildman–Crippen LogP) is 1.31. The van der Waals surface area contributed by atoms with Gasteiger partial charge in [0.1, 0.15) is 0 Å². The fraction of sp³-hybridized carbons (Fsp3) is 0.500. The molecule has 0 aliphatic heterocycles. The second-order valence-corrected chi connectivity index (χ2v) is 4.64. The first-order valence-corrected chi connectivity index (χ1v) is 6.53. The van der Waals surface area contributed by atoms with Crippen LogP contribution in [0, 0.1) is 5.92 Å². The Morgan fingerprint density at radius 3 is 2.79 bits per heavy atom. The van der Waals surface area contributed by atoms with Crippen LogP contribution in [0.5, 0.6) is 0 Å². The molecule has 7 nitrogen and oxygen atoms in total. The third-order valence-corrected chi connectivity index (χ3v) is 3.09. The lowest BCUT2D eigenvalue weighted by molar-refractivity contribution is 0.749. The van der Waals surface area contributed by atoms with Crippen molar-refractivity contribution in [1.29, 1.82) is 0 Å². The summed E-state index contributed by atoms with van der Waals surface area (Å²) in [6.45, 7) is 0.899. The second kappa shape index (κ2) is 5.21. The number of nitrogens with zero attached hydrogens (tertiary/aromatic N) is 5. The largest absolute Gasteiger partial charge is 0.357 e. The second-order valence-electron chi connectivity index (χ2n) is 4.64. The molecule has 0 atom stereocenters. The fourth-order valence-electron chi connectivity index (χ4n) is 1.84. The summed E-state index contributed by atoms with van der Waals surface area (Å²) in [4.78, 5) is 12.9. The van der Waals surface area contributed by atoms with Crippen LogP contribution < -0.4 is 10.6 Å². The zero-order valence-electron chi connectivity index (χ0n) is 10.9. The molecule has 1 aliphatic carbocycles. The number of rotatable bonds is 6. The van der Waals surface area contributed by atoms with Crippen molar-refractivity contribution in [3.63, 3.8) is 0 Å². The monoisotopic (exact) mass is 259 g/mol. The first-order chi connectivity index (χ1) is 9.35. The normalized spacial score (nSPS) is 14.4. The first-order valence-electron chi connectivity index (χ1n) is 6.53. The summed E-state index contributed by atoms with van der Waals surface area (Å²) in [5.41, 5.74) is 0. The molecule has 1 saturated carbocycles. The van der Waals surface area contributed by atoms with Crippen LogP contribution in [-0.4, -0.2) is 38.3 Å². The maximum Gasteiger partial charge on any atom is 0.257 e. The smallest absolute Gasteiger partial charge is 0.257 e. The van der Waals surface area contributed by atoms with Crippen molar-refractivity contribution in [1.82, 2.24) is 24.7 Å². The van der Waals surface area contributed by atoms with Crippen LogP contribution in [-0.2, 0) is 0 Å². The Balaban J connectivity index is 1.76. The van der Waals surface area contributed by atoms with Crippen molar-refractivity contribution in [2.24, 2.45) is 5.92 Å². The molecule has 1 fully saturated rings. The van der Waals surface area contributed by atoms with E-state index in [0.29, 0.717) is 17.8 Å². The average Bonchev–Trinajstić information content (AvgIpc) is 3.09. The Labute approximate surface area is 111 Å². The predicted molar refractivity (Wildman–Crippen MR) is 72.3 cm³/mol. The quantitative estimate of drug-likeness (QED) is 0.814. The van der Waals surface area contributed by atoms with Gasteiger partial charge in [-0.2, -0.15) is 20.1 Å². The number of nitrogens with one attached hydrogen (secondary N) is 2. The van der Waals surface area contributed by atoms with Gasteiger partial charge in [-0.1, -0.05) is 12.8 Å². The topological polar surface area (TPSA) is 80.5 Å². The highest BCUT2D eigenvalue weighted by molar-refractivity contribution is 5.37. The van der Waals surface area contributed by atoms with Crippen molar-refractivity contribution in [3.05, 3.63) is 18.5 Å². The Bertz CT molecular complexity index is 533. The van der Waals surface area contributed by atoms with Crippen molar-refractivity contribution in [2.45, 2.75) is 19.3 Å². The summed E-state index contributed by atoms with van der Waals surface area (Å²) in [5.74, 6) is 2.53. The molecule has 0 bridgehead atoms. The summed E-state index contributed by atoms with van der Waals surface area (Å²) >= 11 is 0. The zero-order chi connectivity index (χ0) is 13.1. The van der Waals surface area contributed by atoms with Crippen molar-refractivity contribution >= 4 is 11.9 Å². The van der Waals surface area contributed by atoms with Gasteiger partial charge in [-0.15, -0.1) is 0 Å². The SMILES string of the molecule is CNc1nc(NCCC2CC2)nc(-n2cccn2)n1. The van der Waals surface area contributed by atoms with Crippen molar-refractivity contribution in [2.75, 3.05) is 24.2 Å². The van der Waals surface area contributed by atoms with Gasteiger partial charge >= 0.3 is 0 Å². The lowest BCUT2D eigenvalue weighted by atomic mass is 10.3. The fourth-order valence-corrected chi connectivity index (χ4v) is 1.84. The third kappa shape index (κ3) is 2.98. The molecular weight excluding hydrogens is 242 g/mol. The molecule has 1 aliphatic rings. The van der Waals surface area contributed by atoms with E-state index in [0.717, 1.165) is 12.5 Å². The van der Waals surface area contributed by atoms with Crippen LogP contribution in [0.1, 0.15) is 19.3 Å². The summed E-state index contributed by atoms with van der Waals surface area (Å²) in [6.07, 6.45) is 7.40. The molecule has 0 saturated heterocycles. The van der Waals surface area contributed by atoms with Gasteiger partial charge in [0.25, 0.3) is 5.95 Å². The van der Waals surface area contributed by atoms with E-state index in [1.807, 2.05) is 12.3 Å². The van der Waals surface area contributed by atoms with Gasteiger partial charge in [0.2, 0.25) is 11.9 Å². The number of hydrogen-bond acceptors (Lipinski definition) is 6. The lowest BCUT2D eigenvalue weighted by Gasteiger charge is -2.08. The maximum atomic E-state index is 4.37. The van der Waals surface area contributed by atoms with Crippen LogP contribution in [0.4, 0.5) is 11.9 Å². The van der Waals surface area contributed by atoms with Crippen molar-refractivity contribution in [3.8, 4) is 5.95 Å². The summed E-state index contributed by atoms with van der Waals surface area (Å²) in [5, 5.41) is 10.3. The van der Waals surface area contributed by atoms with Crippen LogP contribution in [0.3, 0.4) is 0 Å². The van der Waals surface area contributed by atoms with Gasteiger partial charge in [0, 0.05) is 26.0 Å². The van der Waals surface area contributed by atoms with Crippen LogP contribution in [0.25, 0.3) is 5.95 Å². The van der Waals surface area contributed by atoms with E-state index in [9.17, 15) is 0 Å². The van der Waals surface area contributed by atoms with E-state index in [1.54, 1.807) is 17.9 Å². The highest BCUT2D eigenvalue weighted by Crippen LogP contribution is 2.31. The Hall–Kier alpha value is -2.18. The highest BCUT2D eigenvalue weighted by Gasteiger charge is 2.20. The van der Waals surface area contributed by atoms with Gasteiger partial charge in [0.05, 0.1) is 0 Å². The van der Waals surface area contributed by atoms with Gasteiger partial charge in [0.15, 0.2) is 0 Å². The van der Waals surface area contributed by atoms with E-state index in [-0.39, 0.29) is 0 Å². The molecule has 0 amide bonds. The molecule has 19 heavy (non-hydrogen) atoms. The molecule has 0 unspecified atom stereocenters. The average molecular weight is 259 g/mol. The molecular formula is C12H17N7. The molecule has 0 aromatic carbocycles. The zero-order valence-corrected chi connectivity index (χ0v) is 10.9. The molecule has 7 heteroatoms. The molecule has 100 valence electrons. The molecule has 2 aromatic heterocycles. The summed E-state index contributed by atoms with van der Waals surface area (Å²) in [7, 11) is 1.79. The Morgan fingerprint density at radius 2 is 2.11 bits per heavy atom. The van der Waals surface area contributed by atoms with Crippen LogP contribution in [0.2, 0.25) is 0 Å². The third-order valence-electron chi connectivity index (χ3n) is 3.09. The van der Waals surface area contributed by atoms with Gasteiger partial charge in [-0.3, -0.25) is 0 Å². The molecule has 2 N–H and O–H groups in total. The Kier molecular flexibility index (Phi) is 3.26. The molecule has 0 radical (unpaired) electrons. The van der Waals surface area contributed by atoms with Gasteiger partial charge in [-0.25, -0.2) is 4.68 Å². The minimum Gasteiger partial charge on any atom is -0.357 e. The van der Waals surface area contributed by atoms with E-state index in [1.165, 1.54) is 19.3 Å². The van der Waals surface area contributed by atoms with Gasteiger partial charge in [-0.05, 0) is 18.4 Å². The highest BCUT2D eigenvalue weighted by atomic mass is 15.4. The number of aromatic nitrogens is 5. The Morgan fingerprint density at radius 1 is 1.26 bits per heavy atom.